The molecule has 0 aliphatic carbocycles. The Morgan fingerprint density at radius 2 is 1.97 bits per heavy atom. The van der Waals surface area contributed by atoms with Crippen molar-refractivity contribution in [3.05, 3.63) is 66.1 Å². The van der Waals surface area contributed by atoms with E-state index in [1.165, 1.54) is 35.9 Å². The molecule has 1 N–H and O–H groups in total. The molecule has 0 radical (unpaired) electrons. The van der Waals surface area contributed by atoms with Crippen LogP contribution in [0.25, 0.3) is 16.9 Å². The molecule has 0 spiro atoms. The van der Waals surface area contributed by atoms with Crippen LogP contribution in [0.15, 0.2) is 53.8 Å². The maximum absolute atomic E-state index is 14.6. The molecule has 154 valence electrons. The summed E-state index contributed by atoms with van der Waals surface area (Å²) in [7, 11) is 1.30. The Labute approximate surface area is 177 Å². The second kappa shape index (κ2) is 8.31. The van der Waals surface area contributed by atoms with E-state index in [0.717, 1.165) is 12.1 Å². The number of methoxy groups -OCH3 is 1. The fraction of sp³-hybridized carbons (Fsp3) is 0.182. The first kappa shape index (κ1) is 20.2. The minimum absolute atomic E-state index is 0.0931. The van der Waals surface area contributed by atoms with Crippen LogP contribution in [0.2, 0.25) is 0 Å². The SMILES string of the molecule is CCc1cc(Nc2nccn3c(-c4ccc(OC)c(F)c4F)cnc23)ccc1SC. The van der Waals surface area contributed by atoms with E-state index >= 15 is 0 Å². The van der Waals surface area contributed by atoms with Gasteiger partial charge in [0, 0.05) is 28.5 Å². The van der Waals surface area contributed by atoms with Gasteiger partial charge in [-0.2, -0.15) is 4.39 Å². The molecule has 0 amide bonds. The number of thioether (sulfide) groups is 1. The average molecular weight is 426 g/mol. The summed E-state index contributed by atoms with van der Waals surface area (Å²) < 4.78 is 35.3. The van der Waals surface area contributed by atoms with Crippen molar-refractivity contribution in [1.82, 2.24) is 14.4 Å². The lowest BCUT2D eigenvalue weighted by molar-refractivity contribution is 0.372. The summed E-state index contributed by atoms with van der Waals surface area (Å²) in [5.74, 6) is -1.63. The average Bonchev–Trinajstić information content (AvgIpc) is 3.20. The summed E-state index contributed by atoms with van der Waals surface area (Å²) >= 11 is 1.71. The standard InChI is InChI=1S/C22H20F2N4OS/c1-4-13-11-14(5-8-18(13)30-3)27-21-22-26-12-16(28(22)10-9-25-21)15-6-7-17(29-2)20(24)19(15)23/h5-12H,4H2,1-3H3,(H,25,27). The Balaban J connectivity index is 1.76. The van der Waals surface area contributed by atoms with E-state index in [1.54, 1.807) is 28.6 Å². The highest BCUT2D eigenvalue weighted by atomic mass is 32.2. The van der Waals surface area contributed by atoms with Gasteiger partial charge in [0.15, 0.2) is 23.0 Å². The van der Waals surface area contributed by atoms with Gasteiger partial charge in [-0.05, 0) is 48.6 Å². The quantitative estimate of drug-likeness (QED) is 0.400. The van der Waals surface area contributed by atoms with Crippen LogP contribution in [-0.2, 0) is 6.42 Å². The smallest absolute Gasteiger partial charge is 0.201 e. The lowest BCUT2D eigenvalue weighted by Gasteiger charge is -2.11. The number of fused-ring (bicyclic) bond motifs is 1. The van der Waals surface area contributed by atoms with Crippen LogP contribution >= 0.6 is 11.8 Å². The maximum atomic E-state index is 14.6. The molecule has 0 bridgehead atoms. The molecule has 4 rings (SSSR count). The van der Waals surface area contributed by atoms with Crippen molar-refractivity contribution in [2.75, 3.05) is 18.7 Å². The molecule has 0 aliphatic rings. The predicted molar refractivity (Wildman–Crippen MR) is 116 cm³/mol. The van der Waals surface area contributed by atoms with Gasteiger partial charge in [-0.1, -0.05) is 6.92 Å². The van der Waals surface area contributed by atoms with Gasteiger partial charge in [0.1, 0.15) is 0 Å². The number of halogens is 2. The van der Waals surface area contributed by atoms with Crippen LogP contribution in [0.3, 0.4) is 0 Å². The normalized spacial score (nSPS) is 11.1. The molecule has 0 saturated carbocycles. The molecule has 0 atom stereocenters. The summed E-state index contributed by atoms with van der Waals surface area (Å²) in [5.41, 5.74) is 3.14. The lowest BCUT2D eigenvalue weighted by atomic mass is 10.1. The van der Waals surface area contributed by atoms with E-state index in [9.17, 15) is 8.78 Å². The fourth-order valence-electron chi connectivity index (χ4n) is 3.36. The first-order valence-electron chi connectivity index (χ1n) is 9.35. The number of hydrogen-bond donors (Lipinski definition) is 1. The molecular formula is C22H20F2N4OS. The number of imidazole rings is 1. The van der Waals surface area contributed by atoms with Crippen molar-refractivity contribution in [1.29, 1.82) is 0 Å². The third-order valence-electron chi connectivity index (χ3n) is 4.89. The van der Waals surface area contributed by atoms with E-state index in [2.05, 4.69) is 40.6 Å². The highest BCUT2D eigenvalue weighted by Crippen LogP contribution is 2.32. The molecule has 2 heterocycles. The van der Waals surface area contributed by atoms with Crippen LogP contribution in [-0.4, -0.2) is 27.7 Å². The topological polar surface area (TPSA) is 51.5 Å². The number of benzene rings is 2. The summed E-state index contributed by atoms with van der Waals surface area (Å²) in [5, 5.41) is 3.29. The van der Waals surface area contributed by atoms with Crippen LogP contribution in [0, 0.1) is 11.6 Å². The van der Waals surface area contributed by atoms with Crippen molar-refractivity contribution in [2.45, 2.75) is 18.2 Å². The monoisotopic (exact) mass is 426 g/mol. The van der Waals surface area contributed by atoms with Crippen LogP contribution in [0.5, 0.6) is 5.75 Å². The molecule has 0 fully saturated rings. The first-order chi connectivity index (χ1) is 14.6. The molecular weight excluding hydrogens is 406 g/mol. The van der Waals surface area contributed by atoms with Gasteiger partial charge in [-0.15, -0.1) is 11.8 Å². The highest BCUT2D eigenvalue weighted by Gasteiger charge is 2.19. The zero-order valence-electron chi connectivity index (χ0n) is 16.7. The number of aryl methyl sites for hydroxylation is 1. The number of ether oxygens (including phenoxy) is 1. The fourth-order valence-corrected chi connectivity index (χ4v) is 4.03. The van der Waals surface area contributed by atoms with Gasteiger partial charge < -0.3 is 10.1 Å². The van der Waals surface area contributed by atoms with E-state index in [1.807, 2.05) is 6.07 Å². The first-order valence-corrected chi connectivity index (χ1v) is 10.6. The lowest BCUT2D eigenvalue weighted by Crippen LogP contribution is -2.00. The summed E-state index contributed by atoms with van der Waals surface area (Å²) in [4.78, 5) is 10.0. The molecule has 0 unspecified atom stereocenters. The summed E-state index contributed by atoms with van der Waals surface area (Å²) in [6.45, 7) is 2.11. The van der Waals surface area contributed by atoms with Crippen molar-refractivity contribution in [3.8, 4) is 17.0 Å². The van der Waals surface area contributed by atoms with Gasteiger partial charge in [0.05, 0.1) is 19.0 Å². The van der Waals surface area contributed by atoms with Gasteiger partial charge in [-0.25, -0.2) is 14.4 Å². The van der Waals surface area contributed by atoms with Crippen LogP contribution in [0.4, 0.5) is 20.3 Å². The van der Waals surface area contributed by atoms with Gasteiger partial charge >= 0.3 is 0 Å². The van der Waals surface area contributed by atoms with Crippen molar-refractivity contribution < 1.29 is 13.5 Å². The Bertz CT molecular complexity index is 1230. The Kier molecular flexibility index (Phi) is 5.59. The number of aromatic nitrogens is 3. The van der Waals surface area contributed by atoms with E-state index in [4.69, 9.17) is 4.74 Å². The molecule has 4 aromatic rings. The summed E-state index contributed by atoms with van der Waals surface area (Å²) in [6.07, 6.45) is 7.73. The number of hydrogen-bond acceptors (Lipinski definition) is 5. The van der Waals surface area contributed by atoms with E-state index in [0.29, 0.717) is 17.2 Å². The van der Waals surface area contributed by atoms with Crippen molar-refractivity contribution >= 4 is 28.9 Å². The number of nitrogens with one attached hydrogen (secondary N) is 1. The maximum Gasteiger partial charge on any atom is 0.201 e. The Morgan fingerprint density at radius 1 is 1.13 bits per heavy atom. The molecule has 8 heteroatoms. The van der Waals surface area contributed by atoms with Crippen LogP contribution < -0.4 is 10.1 Å². The second-order valence-corrected chi connectivity index (χ2v) is 7.41. The molecule has 0 saturated heterocycles. The van der Waals surface area contributed by atoms with E-state index in [-0.39, 0.29) is 11.3 Å². The molecule has 0 aliphatic heterocycles. The zero-order chi connectivity index (χ0) is 21.3. The number of anilines is 2. The largest absolute Gasteiger partial charge is 0.494 e. The number of rotatable bonds is 6. The molecule has 5 nitrogen and oxygen atoms in total. The highest BCUT2D eigenvalue weighted by molar-refractivity contribution is 7.98. The summed E-state index contributed by atoms with van der Waals surface area (Å²) in [6, 6.07) is 9.01. The van der Waals surface area contributed by atoms with Gasteiger partial charge in [-0.3, -0.25) is 4.40 Å². The van der Waals surface area contributed by atoms with Crippen molar-refractivity contribution in [3.63, 3.8) is 0 Å². The van der Waals surface area contributed by atoms with Crippen molar-refractivity contribution in [2.24, 2.45) is 0 Å². The number of nitrogens with zero attached hydrogens (tertiary/aromatic N) is 3. The Morgan fingerprint density at radius 3 is 2.70 bits per heavy atom. The van der Waals surface area contributed by atoms with E-state index < -0.39 is 11.6 Å². The minimum atomic E-state index is -1.03. The minimum Gasteiger partial charge on any atom is -0.494 e. The van der Waals surface area contributed by atoms with Crippen LogP contribution in [0.1, 0.15) is 12.5 Å². The zero-order valence-corrected chi connectivity index (χ0v) is 17.6. The van der Waals surface area contributed by atoms with Gasteiger partial charge in [0.2, 0.25) is 5.82 Å². The predicted octanol–water partition coefficient (Wildman–Crippen LogP) is 5.71. The molecule has 2 aromatic carbocycles. The Hall–Kier alpha value is -3.13. The second-order valence-electron chi connectivity index (χ2n) is 6.56. The third-order valence-corrected chi connectivity index (χ3v) is 5.73. The molecule has 30 heavy (non-hydrogen) atoms. The van der Waals surface area contributed by atoms with Gasteiger partial charge in [0.25, 0.3) is 0 Å². The molecule has 2 aromatic heterocycles. The third kappa shape index (κ3) is 3.47.